The molecule has 5 rings (SSSR count). The lowest BCUT2D eigenvalue weighted by Gasteiger charge is -2.35. The molecule has 1 saturated carbocycles. The molecule has 1 aromatic heterocycles. The van der Waals surface area contributed by atoms with E-state index in [0.29, 0.717) is 30.5 Å². The van der Waals surface area contributed by atoms with Crippen LogP contribution in [0.3, 0.4) is 0 Å². The Morgan fingerprint density at radius 2 is 2.20 bits per heavy atom. The normalized spacial score (nSPS) is 29.9. The van der Waals surface area contributed by atoms with E-state index in [9.17, 15) is 14.3 Å². The lowest BCUT2D eigenvalue weighted by atomic mass is 9.84. The first kappa shape index (κ1) is 23.5. The molecule has 0 radical (unpaired) electrons. The molecule has 4 atom stereocenters. The number of aliphatic hydroxyl groups excluding tert-OH is 1. The van der Waals surface area contributed by atoms with Crippen LogP contribution in [0.5, 0.6) is 0 Å². The molecule has 7 nitrogen and oxygen atoms in total. The first-order valence-corrected chi connectivity index (χ1v) is 12.0. The smallest absolute Gasteiger partial charge is 0.239 e. The summed E-state index contributed by atoms with van der Waals surface area (Å²) < 4.78 is 29.1. The van der Waals surface area contributed by atoms with Crippen LogP contribution in [0.1, 0.15) is 42.1 Å². The van der Waals surface area contributed by atoms with Crippen LogP contribution in [0, 0.1) is 23.1 Å². The molecule has 0 unspecified atom stereocenters. The fourth-order valence-electron chi connectivity index (χ4n) is 5.09. The Labute approximate surface area is 205 Å². The van der Waals surface area contributed by atoms with Crippen LogP contribution in [-0.4, -0.2) is 50.0 Å². The molecule has 1 amide bonds. The van der Waals surface area contributed by atoms with E-state index in [1.165, 1.54) is 54.4 Å². The summed E-state index contributed by atoms with van der Waals surface area (Å²) in [5.74, 6) is -1.56. The van der Waals surface area contributed by atoms with Crippen molar-refractivity contribution in [3.63, 3.8) is 0 Å². The predicted octanol–water partition coefficient (Wildman–Crippen LogP) is 3.19. The summed E-state index contributed by atoms with van der Waals surface area (Å²) in [7, 11) is 0. The first-order chi connectivity index (χ1) is 16.7. The highest BCUT2D eigenvalue weighted by molar-refractivity contribution is 8.15. The molecule has 2 fully saturated rings. The summed E-state index contributed by atoms with van der Waals surface area (Å²) in [6, 6.07) is 9.03. The van der Waals surface area contributed by atoms with E-state index in [2.05, 4.69) is 9.98 Å². The van der Waals surface area contributed by atoms with Crippen LogP contribution in [0.25, 0.3) is 11.9 Å². The fourth-order valence-corrected chi connectivity index (χ4v) is 6.54. The molecular formula is C25H23F2N5O2S. The van der Waals surface area contributed by atoms with Crippen molar-refractivity contribution in [3.8, 4) is 6.07 Å². The van der Waals surface area contributed by atoms with Crippen molar-refractivity contribution in [2.24, 2.45) is 16.6 Å². The van der Waals surface area contributed by atoms with Gasteiger partial charge in [-0.25, -0.2) is 8.78 Å². The Morgan fingerprint density at radius 3 is 2.86 bits per heavy atom. The van der Waals surface area contributed by atoms with Crippen molar-refractivity contribution < 1.29 is 18.7 Å². The number of carbonyl (C=O) groups is 1. The highest BCUT2D eigenvalue weighted by Crippen LogP contribution is 2.66. The first-order valence-electron chi connectivity index (χ1n) is 11.2. The zero-order valence-corrected chi connectivity index (χ0v) is 19.7. The monoisotopic (exact) mass is 495 g/mol. The molecule has 35 heavy (non-hydrogen) atoms. The zero-order valence-electron chi connectivity index (χ0n) is 18.9. The number of β-amino-alcohol motifs (C(OH)–C–C–N with tert-alkyl or cyclic N) is 1. The Morgan fingerprint density at radius 1 is 1.40 bits per heavy atom. The van der Waals surface area contributed by atoms with Crippen molar-refractivity contribution in [1.29, 1.82) is 5.26 Å². The number of thioether (sulfide) groups is 1. The number of fused-ring (bicyclic) bond motifs is 1. The second-order valence-corrected chi connectivity index (χ2v) is 10.7. The maximum absolute atomic E-state index is 15.1. The maximum Gasteiger partial charge on any atom is 0.239 e. The number of benzene rings is 1. The zero-order chi connectivity index (χ0) is 25.0. The van der Waals surface area contributed by atoms with E-state index < -0.39 is 28.0 Å². The van der Waals surface area contributed by atoms with Crippen LogP contribution in [0.4, 0.5) is 8.78 Å². The van der Waals surface area contributed by atoms with Crippen molar-refractivity contribution in [2.75, 3.05) is 13.1 Å². The van der Waals surface area contributed by atoms with Gasteiger partial charge in [-0.3, -0.25) is 14.8 Å². The second kappa shape index (κ2) is 8.43. The summed E-state index contributed by atoms with van der Waals surface area (Å²) >= 11 is 1.21. The predicted molar refractivity (Wildman–Crippen MR) is 129 cm³/mol. The van der Waals surface area contributed by atoms with Crippen LogP contribution >= 0.6 is 11.8 Å². The van der Waals surface area contributed by atoms with E-state index in [-0.39, 0.29) is 34.8 Å². The summed E-state index contributed by atoms with van der Waals surface area (Å²) in [4.78, 5) is 23.5. The molecule has 0 spiro atoms. The molecule has 1 aromatic carbocycles. The minimum atomic E-state index is -1.11. The Bertz CT molecular complexity index is 1310. The van der Waals surface area contributed by atoms with Gasteiger partial charge in [-0.2, -0.15) is 5.26 Å². The number of nitrogens with zero attached hydrogens (tertiary/aromatic N) is 4. The van der Waals surface area contributed by atoms with Crippen molar-refractivity contribution in [1.82, 2.24) is 9.88 Å². The minimum Gasteiger partial charge on any atom is -0.391 e. The lowest BCUT2D eigenvalue weighted by Crippen LogP contribution is -2.45. The summed E-state index contributed by atoms with van der Waals surface area (Å²) in [6.07, 6.45) is 2.98. The number of aliphatic hydroxyl groups is 1. The fraction of sp³-hybridized carbons (Fsp3) is 0.360. The Kier molecular flexibility index (Phi) is 5.65. The summed E-state index contributed by atoms with van der Waals surface area (Å²) in [5.41, 5.74) is 6.04. The van der Waals surface area contributed by atoms with Crippen molar-refractivity contribution in [3.05, 3.63) is 64.7 Å². The molecule has 10 heteroatoms. The van der Waals surface area contributed by atoms with E-state index in [0.717, 1.165) is 0 Å². The van der Waals surface area contributed by atoms with Gasteiger partial charge in [-0.15, -0.1) is 0 Å². The van der Waals surface area contributed by atoms with Gasteiger partial charge in [0.25, 0.3) is 0 Å². The average Bonchev–Trinajstić information content (AvgIpc) is 3.44. The number of carbonyl (C=O) groups excluding carboxylic acids is 1. The highest BCUT2D eigenvalue weighted by Gasteiger charge is 2.71. The van der Waals surface area contributed by atoms with Gasteiger partial charge in [0.2, 0.25) is 5.91 Å². The van der Waals surface area contributed by atoms with E-state index in [1.807, 2.05) is 6.07 Å². The van der Waals surface area contributed by atoms with Gasteiger partial charge < -0.3 is 15.7 Å². The molecule has 0 bridgehead atoms. The number of amides is 1. The molecule has 2 aliphatic heterocycles. The Hall–Kier alpha value is -3.29. The lowest BCUT2D eigenvalue weighted by molar-refractivity contribution is -0.131. The summed E-state index contributed by atoms with van der Waals surface area (Å²) in [6.45, 7) is 2.50. The number of amidine groups is 1. The minimum absolute atomic E-state index is 0.0528. The van der Waals surface area contributed by atoms with Crippen molar-refractivity contribution in [2.45, 2.75) is 36.2 Å². The second-order valence-electron chi connectivity index (χ2n) is 9.31. The van der Waals surface area contributed by atoms with E-state index >= 15 is 4.39 Å². The van der Waals surface area contributed by atoms with E-state index in [1.54, 1.807) is 11.8 Å². The number of nitrogens with two attached hydrogens (primary N) is 1. The number of aromatic nitrogens is 1. The number of likely N-dealkylation sites (tertiary alicyclic amines) is 1. The largest absolute Gasteiger partial charge is 0.391 e. The molecular weight excluding hydrogens is 472 g/mol. The number of hydrogen-bond donors (Lipinski definition) is 2. The standard InChI is InChI=1S/C25H23F2N5O2S/c1-24(21-10-25(21,35-23(29)31-24)22(34)32-7-6-16(33)13-32)17-8-14(2-4-18(17)26)9-19(27)20-5-3-15(11-28)12-30-20/h2-5,8-9,12,16,21,33H,6-7,10,13H2,1H3,(H2,29,31)/b19-9-/t16-,21+,24-,25+/m1/s1. The SMILES string of the molecule is C[C@]1(c2cc(/C=C(\F)c3ccc(C#N)cn3)ccc2F)N=C(N)S[C@@]2(C(=O)N3CC[C@@H](O)C3)C[C@H]21. The number of rotatable bonds is 4. The van der Waals surface area contributed by atoms with Crippen LogP contribution in [0.2, 0.25) is 0 Å². The Balaban J connectivity index is 1.47. The number of hydrogen-bond acceptors (Lipinski definition) is 7. The van der Waals surface area contributed by atoms with Crippen LogP contribution < -0.4 is 5.73 Å². The number of halogens is 2. The average molecular weight is 496 g/mol. The molecule has 3 aliphatic rings. The molecule has 3 N–H and O–H groups in total. The van der Waals surface area contributed by atoms with Gasteiger partial charge in [0.1, 0.15) is 22.5 Å². The third-order valence-electron chi connectivity index (χ3n) is 7.00. The number of aliphatic imine (C=N–C) groups is 1. The summed E-state index contributed by atoms with van der Waals surface area (Å²) in [5, 5.41) is 19.0. The highest BCUT2D eigenvalue weighted by atomic mass is 32.2. The van der Waals surface area contributed by atoms with Gasteiger partial charge in [0.15, 0.2) is 5.17 Å². The van der Waals surface area contributed by atoms with Gasteiger partial charge in [0, 0.05) is 30.8 Å². The third-order valence-corrected chi connectivity index (χ3v) is 8.29. The number of nitriles is 1. The maximum atomic E-state index is 15.1. The number of pyridine rings is 1. The molecule has 1 aliphatic carbocycles. The van der Waals surface area contributed by atoms with Gasteiger partial charge >= 0.3 is 0 Å². The quantitative estimate of drug-likeness (QED) is 0.673. The van der Waals surface area contributed by atoms with Gasteiger partial charge in [-0.05, 0) is 55.7 Å². The molecule has 1 saturated heterocycles. The van der Waals surface area contributed by atoms with Gasteiger partial charge in [-0.1, -0.05) is 17.8 Å². The van der Waals surface area contributed by atoms with Gasteiger partial charge in [0.05, 0.1) is 22.9 Å². The van der Waals surface area contributed by atoms with Crippen LogP contribution in [0.15, 0.2) is 41.5 Å². The topological polar surface area (TPSA) is 116 Å². The van der Waals surface area contributed by atoms with Crippen LogP contribution in [-0.2, 0) is 10.3 Å². The molecule has 3 heterocycles. The van der Waals surface area contributed by atoms with E-state index in [4.69, 9.17) is 11.0 Å². The molecule has 2 aromatic rings. The third kappa shape index (κ3) is 3.98. The molecule has 180 valence electrons. The van der Waals surface area contributed by atoms with Crippen molar-refractivity contribution >= 4 is 34.7 Å².